The van der Waals surface area contributed by atoms with E-state index in [1.165, 1.54) is 13.8 Å². The molecule has 3 aliphatic carbocycles. The zero-order valence-electron chi connectivity index (χ0n) is 35.5. The van der Waals surface area contributed by atoms with Gasteiger partial charge in [0.05, 0.1) is 24.1 Å². The van der Waals surface area contributed by atoms with Crippen LogP contribution in [0.15, 0.2) is 102 Å². The number of Topliss-reactive ketones (excluding diaryl/α,β-unsaturated/α-hetero) is 1. The highest BCUT2D eigenvalue weighted by Gasteiger charge is 2.75. The standard InChI is InChI=1S/C48H53NO12/c1-27-33(59-44(56)37(52)36(30-17-11-8-12-18-30)49-42(54)31-19-13-9-14-20-31)25-47(7)41(60-43(55)32-21-15-10-16-22-32)39-46(6,24-23-34-48(39,26-57-34)61-29(3)51)40(53)38(58-28(2)50)35(27)45(47,4)5/h8-22,33-34,36-39,41,52H,23-26H2,1-7H3,(H,49,54)/t33-,34+,36-,37+,38+,39-,41-,46+,47-,48-/m0/s1. The van der Waals surface area contributed by atoms with E-state index in [0.29, 0.717) is 28.7 Å². The number of nitrogens with one attached hydrogen (secondary N) is 1. The summed E-state index contributed by atoms with van der Waals surface area (Å²) in [6.45, 7) is 11.5. The van der Waals surface area contributed by atoms with Crippen LogP contribution < -0.4 is 5.32 Å². The number of ketones is 1. The third-order valence-corrected chi connectivity index (χ3v) is 14.0. The van der Waals surface area contributed by atoms with Gasteiger partial charge in [0.2, 0.25) is 0 Å². The van der Waals surface area contributed by atoms with E-state index in [0.717, 1.165) is 0 Å². The molecule has 4 aliphatic rings. The minimum absolute atomic E-state index is 0.0118. The van der Waals surface area contributed by atoms with E-state index in [2.05, 4.69) is 5.32 Å². The molecule has 1 amide bonds. The van der Waals surface area contributed by atoms with Crippen molar-refractivity contribution in [1.29, 1.82) is 0 Å². The van der Waals surface area contributed by atoms with Crippen LogP contribution in [0.25, 0.3) is 0 Å². The molecule has 3 fully saturated rings. The molecule has 1 aliphatic heterocycles. The Hall–Kier alpha value is -5.66. The number of hydrogen-bond donors (Lipinski definition) is 2. The molecule has 3 aromatic rings. The Morgan fingerprint density at radius 2 is 1.39 bits per heavy atom. The summed E-state index contributed by atoms with van der Waals surface area (Å²) in [7, 11) is 0. The maximum absolute atomic E-state index is 15.5. The minimum Gasteiger partial charge on any atom is -0.458 e. The van der Waals surface area contributed by atoms with Crippen molar-refractivity contribution in [3.05, 3.63) is 119 Å². The first-order chi connectivity index (χ1) is 28.9. The topological polar surface area (TPSA) is 181 Å². The molecule has 61 heavy (non-hydrogen) atoms. The van der Waals surface area contributed by atoms with Crippen LogP contribution in [0.1, 0.15) is 100 Å². The van der Waals surface area contributed by atoms with E-state index in [4.69, 9.17) is 23.7 Å². The summed E-state index contributed by atoms with van der Waals surface area (Å²) in [6.07, 6.45) is -5.87. The number of benzene rings is 3. The molecule has 10 atom stereocenters. The van der Waals surface area contributed by atoms with Crippen molar-refractivity contribution < 1.29 is 57.6 Å². The molecule has 1 heterocycles. The number of aliphatic hydroxyl groups excluding tert-OH is 1. The van der Waals surface area contributed by atoms with E-state index < -0.39 is 99.9 Å². The Kier molecular flexibility index (Phi) is 11.6. The quantitative estimate of drug-likeness (QED) is 0.138. The van der Waals surface area contributed by atoms with Crippen molar-refractivity contribution in [3.63, 3.8) is 0 Å². The highest BCUT2D eigenvalue weighted by molar-refractivity contribution is 5.96. The number of carbonyl (C=O) groups excluding carboxylic acids is 6. The van der Waals surface area contributed by atoms with Gasteiger partial charge in [0, 0.05) is 30.2 Å². The molecule has 322 valence electrons. The van der Waals surface area contributed by atoms with Gasteiger partial charge in [-0.25, -0.2) is 9.59 Å². The lowest BCUT2D eigenvalue weighted by atomic mass is 9.42. The summed E-state index contributed by atoms with van der Waals surface area (Å²) in [5, 5.41) is 14.6. The molecule has 2 saturated carbocycles. The van der Waals surface area contributed by atoms with Crippen molar-refractivity contribution in [2.75, 3.05) is 6.61 Å². The second kappa shape index (κ2) is 16.3. The van der Waals surface area contributed by atoms with Crippen LogP contribution in [-0.4, -0.2) is 83.4 Å². The average Bonchev–Trinajstić information content (AvgIpc) is 3.22. The van der Waals surface area contributed by atoms with Gasteiger partial charge < -0.3 is 34.1 Å². The lowest BCUT2D eigenvalue weighted by Gasteiger charge is -2.67. The summed E-state index contributed by atoms with van der Waals surface area (Å²) in [4.78, 5) is 83.8. The summed E-state index contributed by atoms with van der Waals surface area (Å²) >= 11 is 0. The van der Waals surface area contributed by atoms with E-state index in [-0.39, 0.29) is 25.0 Å². The first-order valence-corrected chi connectivity index (χ1v) is 20.6. The second-order valence-corrected chi connectivity index (χ2v) is 17.8. The Labute approximate surface area is 355 Å². The minimum atomic E-state index is -1.92. The van der Waals surface area contributed by atoms with Gasteiger partial charge in [0.15, 0.2) is 23.6 Å². The maximum Gasteiger partial charge on any atom is 0.338 e. The molecule has 1 saturated heterocycles. The molecular weight excluding hydrogens is 783 g/mol. The van der Waals surface area contributed by atoms with Crippen LogP contribution in [0, 0.1) is 22.2 Å². The number of esters is 4. The van der Waals surface area contributed by atoms with Crippen molar-refractivity contribution in [2.45, 2.75) is 110 Å². The van der Waals surface area contributed by atoms with Gasteiger partial charge in [-0.3, -0.25) is 19.2 Å². The molecule has 13 nitrogen and oxygen atoms in total. The normalized spacial score (nSPS) is 31.0. The Morgan fingerprint density at radius 1 is 0.803 bits per heavy atom. The Morgan fingerprint density at radius 3 is 1.95 bits per heavy atom. The first-order valence-electron chi connectivity index (χ1n) is 20.6. The van der Waals surface area contributed by atoms with E-state index in [1.54, 1.807) is 105 Å². The van der Waals surface area contributed by atoms with Crippen LogP contribution >= 0.6 is 0 Å². The van der Waals surface area contributed by atoms with Crippen LogP contribution in [0.2, 0.25) is 0 Å². The molecule has 2 bridgehead atoms. The van der Waals surface area contributed by atoms with Crippen molar-refractivity contribution in [1.82, 2.24) is 5.32 Å². The summed E-state index contributed by atoms with van der Waals surface area (Å²) in [5.41, 5.74) is -3.46. The lowest BCUT2D eigenvalue weighted by molar-refractivity contribution is -0.326. The second-order valence-electron chi connectivity index (χ2n) is 17.8. The third kappa shape index (κ3) is 7.45. The van der Waals surface area contributed by atoms with E-state index in [9.17, 15) is 29.1 Å². The highest BCUT2D eigenvalue weighted by atomic mass is 16.6. The van der Waals surface area contributed by atoms with Gasteiger partial charge in [-0.15, -0.1) is 0 Å². The summed E-state index contributed by atoms with van der Waals surface area (Å²) < 4.78 is 31.3. The molecule has 3 aromatic carbocycles. The smallest absolute Gasteiger partial charge is 0.338 e. The lowest BCUT2D eigenvalue weighted by Crippen LogP contribution is -2.78. The van der Waals surface area contributed by atoms with Gasteiger partial charge in [-0.2, -0.15) is 0 Å². The van der Waals surface area contributed by atoms with E-state index in [1.807, 2.05) is 20.8 Å². The van der Waals surface area contributed by atoms with Gasteiger partial charge in [0.1, 0.15) is 18.3 Å². The fourth-order valence-electron chi connectivity index (χ4n) is 10.5. The van der Waals surface area contributed by atoms with Gasteiger partial charge >= 0.3 is 23.9 Å². The molecular formula is C48H53NO12. The van der Waals surface area contributed by atoms with Crippen LogP contribution in [0.3, 0.4) is 0 Å². The molecule has 13 heteroatoms. The molecule has 0 aromatic heterocycles. The maximum atomic E-state index is 15.5. The largest absolute Gasteiger partial charge is 0.458 e. The van der Waals surface area contributed by atoms with E-state index >= 15 is 4.79 Å². The molecule has 2 N–H and O–H groups in total. The van der Waals surface area contributed by atoms with Crippen molar-refractivity contribution >= 4 is 35.6 Å². The van der Waals surface area contributed by atoms with Crippen LogP contribution in [-0.2, 0) is 42.9 Å². The van der Waals surface area contributed by atoms with Crippen LogP contribution in [0.5, 0.6) is 0 Å². The van der Waals surface area contributed by atoms with Crippen molar-refractivity contribution in [3.8, 4) is 0 Å². The van der Waals surface area contributed by atoms with Gasteiger partial charge in [-0.1, -0.05) is 94.4 Å². The number of aliphatic hydroxyl groups is 1. The number of ether oxygens (including phenoxy) is 5. The van der Waals surface area contributed by atoms with Gasteiger partial charge in [0.25, 0.3) is 5.91 Å². The monoisotopic (exact) mass is 835 g/mol. The summed E-state index contributed by atoms with van der Waals surface area (Å²) in [5.74, 6) is -5.17. The van der Waals surface area contributed by atoms with Crippen molar-refractivity contribution in [2.24, 2.45) is 22.2 Å². The first kappa shape index (κ1) is 43.4. The number of hydrogen-bond acceptors (Lipinski definition) is 12. The Balaban J connectivity index is 1.37. The zero-order chi connectivity index (χ0) is 44.1. The predicted molar refractivity (Wildman–Crippen MR) is 219 cm³/mol. The van der Waals surface area contributed by atoms with Crippen LogP contribution in [0.4, 0.5) is 0 Å². The number of rotatable bonds is 10. The fourth-order valence-corrected chi connectivity index (χ4v) is 10.5. The fraction of sp³-hybridized carbons (Fsp3) is 0.458. The zero-order valence-corrected chi connectivity index (χ0v) is 35.5. The molecule has 0 radical (unpaired) electrons. The molecule has 0 unspecified atom stereocenters. The molecule has 0 spiro atoms. The highest BCUT2D eigenvalue weighted by Crippen LogP contribution is 2.67. The Bertz CT molecular complexity index is 2240. The molecule has 7 rings (SSSR count). The average molecular weight is 836 g/mol. The van der Waals surface area contributed by atoms with Gasteiger partial charge in [-0.05, 0) is 72.6 Å². The summed E-state index contributed by atoms with van der Waals surface area (Å²) in [6, 6.07) is 24.0. The third-order valence-electron chi connectivity index (χ3n) is 14.0. The predicted octanol–water partition coefficient (Wildman–Crippen LogP) is 6.04. The SMILES string of the molecule is CC(=O)O[C@H]1C(=O)[C@]2(C)CC[C@H]3OC[C@@]3(OC(C)=O)[C@H]2[C@H](OC(=O)c2ccccc2)[C@]2(C)C[C@H](OC(=O)[C@H](O)[C@@H](NC(=O)c3ccccc3)c3ccccc3)C(C)=C1C2(C)C. The number of carbonyl (C=O) groups is 6. The number of fused-ring (bicyclic) bond motifs is 5. The number of amides is 1.